The van der Waals surface area contributed by atoms with Gasteiger partial charge in [-0.2, -0.15) is 4.98 Å². The Morgan fingerprint density at radius 2 is 2.22 bits per heavy atom. The van der Waals surface area contributed by atoms with Crippen LogP contribution in [0.5, 0.6) is 0 Å². The molecule has 0 aliphatic carbocycles. The lowest BCUT2D eigenvalue weighted by atomic mass is 9.78. The molecule has 8 heteroatoms. The lowest BCUT2D eigenvalue weighted by molar-refractivity contribution is -0.123. The molecule has 0 aromatic carbocycles. The van der Waals surface area contributed by atoms with Crippen LogP contribution in [0, 0.1) is 5.92 Å². The predicted octanol–water partition coefficient (Wildman–Crippen LogP) is 2.18. The van der Waals surface area contributed by atoms with Crippen LogP contribution in [0.1, 0.15) is 50.7 Å². The fourth-order valence-corrected chi connectivity index (χ4v) is 4.03. The molecule has 2 aliphatic heterocycles. The lowest BCUT2D eigenvalue weighted by Gasteiger charge is -2.46. The SMILES string of the molecule is CCCNC(=O)N1CCC2(CC1)CC(Cc1nc(CCOC)no1)CCO2. The molecule has 1 unspecified atom stereocenters. The third-order valence-corrected chi connectivity index (χ3v) is 5.59. The van der Waals surface area contributed by atoms with Gasteiger partial charge in [0.1, 0.15) is 0 Å². The van der Waals surface area contributed by atoms with E-state index in [1.54, 1.807) is 7.11 Å². The lowest BCUT2D eigenvalue weighted by Crippen LogP contribution is -2.53. The van der Waals surface area contributed by atoms with Gasteiger partial charge in [-0.05, 0) is 38.0 Å². The molecule has 1 N–H and O–H groups in total. The highest BCUT2D eigenvalue weighted by atomic mass is 16.5. The molecule has 27 heavy (non-hydrogen) atoms. The van der Waals surface area contributed by atoms with E-state index in [2.05, 4.69) is 22.4 Å². The van der Waals surface area contributed by atoms with E-state index < -0.39 is 0 Å². The largest absolute Gasteiger partial charge is 0.384 e. The van der Waals surface area contributed by atoms with Crippen LogP contribution in [0.3, 0.4) is 0 Å². The van der Waals surface area contributed by atoms with Crippen molar-refractivity contribution in [2.45, 2.75) is 57.5 Å². The molecular formula is C19H32N4O4. The number of methoxy groups -OCH3 is 1. The molecule has 3 heterocycles. The summed E-state index contributed by atoms with van der Waals surface area (Å²) < 4.78 is 16.7. The topological polar surface area (TPSA) is 89.7 Å². The smallest absolute Gasteiger partial charge is 0.317 e. The summed E-state index contributed by atoms with van der Waals surface area (Å²) in [5, 5.41) is 6.99. The Morgan fingerprint density at radius 1 is 1.41 bits per heavy atom. The Hall–Kier alpha value is -1.67. The fourth-order valence-electron chi connectivity index (χ4n) is 4.03. The molecule has 0 radical (unpaired) electrons. The second kappa shape index (κ2) is 9.50. The molecule has 8 nitrogen and oxygen atoms in total. The van der Waals surface area contributed by atoms with Gasteiger partial charge in [-0.15, -0.1) is 0 Å². The molecule has 3 rings (SSSR count). The first-order valence-corrected chi connectivity index (χ1v) is 10.1. The third kappa shape index (κ3) is 5.42. The maximum absolute atomic E-state index is 12.1. The van der Waals surface area contributed by atoms with Crippen LogP contribution in [0.25, 0.3) is 0 Å². The second-order valence-electron chi connectivity index (χ2n) is 7.66. The van der Waals surface area contributed by atoms with E-state index in [1.165, 1.54) is 0 Å². The Morgan fingerprint density at radius 3 is 2.96 bits per heavy atom. The van der Waals surface area contributed by atoms with Gasteiger partial charge >= 0.3 is 6.03 Å². The second-order valence-corrected chi connectivity index (χ2v) is 7.66. The summed E-state index contributed by atoms with van der Waals surface area (Å²) in [7, 11) is 1.67. The minimum atomic E-state index is -0.108. The van der Waals surface area contributed by atoms with E-state index in [1.807, 2.05) is 4.90 Å². The highest BCUT2D eigenvalue weighted by molar-refractivity contribution is 5.74. The number of aromatic nitrogens is 2. The van der Waals surface area contributed by atoms with E-state index in [9.17, 15) is 4.79 Å². The molecule has 2 aliphatic rings. The molecule has 1 aromatic rings. The first kappa shape index (κ1) is 20.1. The van der Waals surface area contributed by atoms with Crippen LogP contribution in [0.2, 0.25) is 0 Å². The molecule has 1 aromatic heterocycles. The quantitative estimate of drug-likeness (QED) is 0.780. The molecule has 2 fully saturated rings. The third-order valence-electron chi connectivity index (χ3n) is 5.59. The first-order valence-electron chi connectivity index (χ1n) is 10.1. The van der Waals surface area contributed by atoms with Gasteiger partial charge in [0, 0.05) is 46.2 Å². The number of ether oxygens (including phenoxy) is 2. The maximum atomic E-state index is 12.1. The summed E-state index contributed by atoms with van der Waals surface area (Å²) in [6.07, 6.45) is 6.22. The molecule has 2 amide bonds. The number of nitrogens with one attached hydrogen (secondary N) is 1. The van der Waals surface area contributed by atoms with Crippen molar-refractivity contribution < 1.29 is 18.8 Å². The van der Waals surface area contributed by atoms with Crippen molar-refractivity contribution in [3.05, 3.63) is 11.7 Å². The summed E-state index contributed by atoms with van der Waals surface area (Å²) in [6.45, 7) is 5.66. The van der Waals surface area contributed by atoms with Crippen LogP contribution in [-0.2, 0) is 22.3 Å². The van der Waals surface area contributed by atoms with E-state index in [0.29, 0.717) is 30.7 Å². The molecular weight excluding hydrogens is 348 g/mol. The van der Waals surface area contributed by atoms with Gasteiger partial charge in [0.05, 0.1) is 12.2 Å². The van der Waals surface area contributed by atoms with Crippen molar-refractivity contribution in [1.82, 2.24) is 20.4 Å². The van der Waals surface area contributed by atoms with Crippen LogP contribution in [-0.4, -0.2) is 66.6 Å². The summed E-state index contributed by atoms with van der Waals surface area (Å²) in [4.78, 5) is 18.5. The van der Waals surface area contributed by atoms with E-state index in [0.717, 1.165) is 64.8 Å². The van der Waals surface area contributed by atoms with E-state index >= 15 is 0 Å². The minimum Gasteiger partial charge on any atom is -0.384 e. The molecule has 2 saturated heterocycles. The molecule has 152 valence electrons. The normalized spacial score (nSPS) is 22.1. The van der Waals surface area contributed by atoms with E-state index in [4.69, 9.17) is 14.0 Å². The Kier molecular flexibility index (Phi) is 7.07. The Bertz CT molecular complexity index is 598. The van der Waals surface area contributed by atoms with Crippen molar-refractivity contribution in [2.75, 3.05) is 40.0 Å². The standard InChI is InChI=1S/C19H32N4O4/c1-3-8-20-18(24)23-9-6-19(7-10-23)14-15(4-12-26-19)13-17-21-16(22-27-17)5-11-25-2/h15H,3-14H2,1-2H3,(H,20,24). The number of likely N-dealkylation sites (tertiary alicyclic amines) is 1. The van der Waals surface area contributed by atoms with Crippen LogP contribution in [0.15, 0.2) is 4.52 Å². The highest BCUT2D eigenvalue weighted by Gasteiger charge is 2.41. The van der Waals surface area contributed by atoms with Gasteiger partial charge in [-0.3, -0.25) is 0 Å². The van der Waals surface area contributed by atoms with Crippen LogP contribution in [0.4, 0.5) is 4.79 Å². The summed E-state index contributed by atoms with van der Waals surface area (Å²) in [5.41, 5.74) is -0.108. The zero-order valence-corrected chi connectivity index (χ0v) is 16.5. The number of piperidine rings is 1. The van der Waals surface area contributed by atoms with Crippen LogP contribution >= 0.6 is 0 Å². The maximum Gasteiger partial charge on any atom is 0.317 e. The van der Waals surface area contributed by atoms with Crippen LogP contribution < -0.4 is 5.32 Å². The monoisotopic (exact) mass is 380 g/mol. The number of urea groups is 1. The molecule has 1 spiro atoms. The number of amides is 2. The number of hydrogen-bond donors (Lipinski definition) is 1. The number of carbonyl (C=O) groups excluding carboxylic acids is 1. The number of hydrogen-bond acceptors (Lipinski definition) is 6. The van der Waals surface area contributed by atoms with Gasteiger partial charge in [0.2, 0.25) is 5.89 Å². The van der Waals surface area contributed by atoms with Gasteiger partial charge in [-0.25, -0.2) is 4.79 Å². The Labute approximate surface area is 161 Å². The van der Waals surface area contributed by atoms with Crippen molar-refractivity contribution >= 4 is 6.03 Å². The van der Waals surface area contributed by atoms with Crippen molar-refractivity contribution in [1.29, 1.82) is 0 Å². The zero-order chi connectivity index (χ0) is 19.1. The van der Waals surface area contributed by atoms with Gasteiger partial charge < -0.3 is 24.2 Å². The Balaban J connectivity index is 1.49. The average Bonchev–Trinajstić information content (AvgIpc) is 3.12. The minimum absolute atomic E-state index is 0.0495. The van der Waals surface area contributed by atoms with Crippen molar-refractivity contribution in [3.8, 4) is 0 Å². The molecule has 1 atom stereocenters. The predicted molar refractivity (Wildman–Crippen MR) is 99.5 cm³/mol. The van der Waals surface area contributed by atoms with Gasteiger partial charge in [0.15, 0.2) is 5.82 Å². The summed E-state index contributed by atoms with van der Waals surface area (Å²) in [6, 6.07) is 0.0495. The van der Waals surface area contributed by atoms with Crippen molar-refractivity contribution in [3.63, 3.8) is 0 Å². The fraction of sp³-hybridized carbons (Fsp3) is 0.842. The number of carbonyl (C=O) groups is 1. The summed E-state index contributed by atoms with van der Waals surface area (Å²) in [5.74, 6) is 1.90. The first-order chi connectivity index (χ1) is 13.1. The number of rotatable bonds is 7. The number of nitrogens with zero attached hydrogens (tertiary/aromatic N) is 3. The summed E-state index contributed by atoms with van der Waals surface area (Å²) >= 11 is 0. The van der Waals surface area contributed by atoms with Gasteiger partial charge in [-0.1, -0.05) is 12.1 Å². The zero-order valence-electron chi connectivity index (χ0n) is 16.5. The van der Waals surface area contributed by atoms with Crippen molar-refractivity contribution in [2.24, 2.45) is 5.92 Å². The molecule has 0 saturated carbocycles. The van der Waals surface area contributed by atoms with E-state index in [-0.39, 0.29) is 11.6 Å². The van der Waals surface area contributed by atoms with Gasteiger partial charge in [0.25, 0.3) is 0 Å². The average molecular weight is 380 g/mol. The highest BCUT2D eigenvalue weighted by Crippen LogP contribution is 2.38. The molecule has 0 bridgehead atoms.